The topological polar surface area (TPSA) is 29.9 Å². The second-order valence-electron chi connectivity index (χ2n) is 6.43. The summed E-state index contributed by atoms with van der Waals surface area (Å²) < 4.78 is 16.1. The predicted molar refractivity (Wildman–Crippen MR) is 103 cm³/mol. The number of halogens is 1. The second-order valence-corrected chi connectivity index (χ2v) is 6.43. The van der Waals surface area contributed by atoms with Crippen molar-refractivity contribution < 1.29 is 4.39 Å². The van der Waals surface area contributed by atoms with E-state index in [1.165, 1.54) is 16.3 Å². The van der Waals surface area contributed by atoms with Crippen molar-refractivity contribution in [1.82, 2.24) is 14.9 Å². The van der Waals surface area contributed by atoms with Gasteiger partial charge in [0.25, 0.3) is 0 Å². The molecule has 26 heavy (non-hydrogen) atoms. The molecule has 0 aliphatic rings. The van der Waals surface area contributed by atoms with E-state index in [1.54, 1.807) is 35.4 Å². The van der Waals surface area contributed by atoms with Gasteiger partial charge in [-0.3, -0.25) is 0 Å². The van der Waals surface area contributed by atoms with Crippen molar-refractivity contribution in [2.75, 3.05) is 0 Å². The van der Waals surface area contributed by atoms with Crippen LogP contribution in [0.5, 0.6) is 0 Å². The Morgan fingerprint density at radius 1 is 1.08 bits per heavy atom. The van der Waals surface area contributed by atoms with E-state index in [1.807, 2.05) is 6.07 Å². The molecule has 0 aliphatic heterocycles. The van der Waals surface area contributed by atoms with E-state index < -0.39 is 0 Å². The summed E-state index contributed by atoms with van der Waals surface area (Å²) in [6.45, 7) is 2.74. The smallest absolute Gasteiger partial charge is 0.147 e. The molecule has 0 fully saturated rings. The molecule has 0 radical (unpaired) electrons. The van der Waals surface area contributed by atoms with Crippen LogP contribution in [0.4, 0.5) is 4.39 Å². The van der Waals surface area contributed by atoms with Gasteiger partial charge < -0.3 is 9.88 Å². The number of hydrogen-bond donors (Lipinski definition) is 1. The van der Waals surface area contributed by atoms with Crippen LogP contribution in [0.15, 0.2) is 79.4 Å². The summed E-state index contributed by atoms with van der Waals surface area (Å²) in [4.78, 5) is 3.96. The third kappa shape index (κ3) is 3.24. The maximum Gasteiger partial charge on any atom is 0.147 e. The van der Waals surface area contributed by atoms with Gasteiger partial charge in [0.05, 0.1) is 12.0 Å². The Bertz CT molecular complexity index is 1020. The van der Waals surface area contributed by atoms with Crippen LogP contribution in [0, 0.1) is 5.82 Å². The van der Waals surface area contributed by atoms with Gasteiger partial charge in [-0.05, 0) is 41.0 Å². The maximum atomic E-state index is 14.4. The van der Waals surface area contributed by atoms with Crippen LogP contribution in [-0.2, 0) is 6.54 Å². The Balaban J connectivity index is 1.51. The first-order valence-electron chi connectivity index (χ1n) is 8.70. The van der Waals surface area contributed by atoms with Crippen molar-refractivity contribution in [1.29, 1.82) is 0 Å². The number of hydrogen-bond acceptors (Lipinski definition) is 2. The zero-order valence-corrected chi connectivity index (χ0v) is 14.6. The van der Waals surface area contributed by atoms with Crippen LogP contribution in [0.3, 0.4) is 0 Å². The lowest BCUT2D eigenvalue weighted by atomic mass is 9.99. The molecule has 0 saturated heterocycles. The standard InChI is InChI=1S/C22H20FN3/c1-16(19-8-4-6-18-5-2-3-7-20(18)19)25-14-17-9-10-22(21(23)13-17)26-12-11-24-15-26/h2-13,15-16,25H,14H2,1H3. The van der Waals surface area contributed by atoms with Crippen LogP contribution in [-0.4, -0.2) is 9.55 Å². The third-order valence-electron chi connectivity index (χ3n) is 4.70. The zero-order chi connectivity index (χ0) is 17.9. The Morgan fingerprint density at radius 3 is 2.73 bits per heavy atom. The average Bonchev–Trinajstić information content (AvgIpc) is 3.20. The summed E-state index contributed by atoms with van der Waals surface area (Å²) in [5.41, 5.74) is 2.67. The fourth-order valence-corrected chi connectivity index (χ4v) is 3.28. The first-order chi connectivity index (χ1) is 12.7. The molecule has 130 valence electrons. The number of fused-ring (bicyclic) bond motifs is 1. The molecule has 1 atom stereocenters. The van der Waals surface area contributed by atoms with E-state index in [2.05, 4.69) is 59.7 Å². The molecule has 0 bridgehead atoms. The highest BCUT2D eigenvalue weighted by Crippen LogP contribution is 2.24. The van der Waals surface area contributed by atoms with Gasteiger partial charge in [0, 0.05) is 25.0 Å². The molecular formula is C22H20FN3. The van der Waals surface area contributed by atoms with Crippen molar-refractivity contribution in [3.8, 4) is 5.69 Å². The number of nitrogens with zero attached hydrogens (tertiary/aromatic N) is 2. The maximum absolute atomic E-state index is 14.4. The molecule has 3 aromatic carbocycles. The Labute approximate surface area is 152 Å². The summed E-state index contributed by atoms with van der Waals surface area (Å²) in [6, 6.07) is 20.2. The quantitative estimate of drug-likeness (QED) is 0.551. The molecule has 4 rings (SSSR count). The highest BCUT2D eigenvalue weighted by Gasteiger charge is 2.10. The fraction of sp³-hybridized carbons (Fsp3) is 0.136. The molecule has 0 spiro atoms. The monoisotopic (exact) mass is 345 g/mol. The first kappa shape index (κ1) is 16.5. The van der Waals surface area contributed by atoms with Gasteiger partial charge in [0.2, 0.25) is 0 Å². The molecular weight excluding hydrogens is 325 g/mol. The lowest BCUT2D eigenvalue weighted by Gasteiger charge is -2.17. The molecule has 1 heterocycles. The zero-order valence-electron chi connectivity index (χ0n) is 14.6. The van der Waals surface area contributed by atoms with Crippen LogP contribution in [0.1, 0.15) is 24.1 Å². The molecule has 1 aromatic heterocycles. The molecule has 1 unspecified atom stereocenters. The van der Waals surface area contributed by atoms with Gasteiger partial charge in [-0.15, -0.1) is 0 Å². The normalized spacial score (nSPS) is 12.4. The van der Waals surface area contributed by atoms with E-state index >= 15 is 0 Å². The van der Waals surface area contributed by atoms with Crippen molar-refractivity contribution in [2.24, 2.45) is 0 Å². The second kappa shape index (κ2) is 7.10. The molecule has 0 amide bonds. The number of rotatable bonds is 5. The van der Waals surface area contributed by atoms with Crippen LogP contribution >= 0.6 is 0 Å². The minimum atomic E-state index is -0.250. The van der Waals surface area contributed by atoms with Gasteiger partial charge in [-0.1, -0.05) is 48.5 Å². The number of nitrogens with one attached hydrogen (secondary N) is 1. The lowest BCUT2D eigenvalue weighted by Crippen LogP contribution is -2.18. The number of aromatic nitrogens is 2. The number of benzene rings is 3. The molecule has 3 nitrogen and oxygen atoms in total. The Morgan fingerprint density at radius 2 is 1.92 bits per heavy atom. The largest absolute Gasteiger partial charge is 0.306 e. The van der Waals surface area contributed by atoms with Crippen LogP contribution < -0.4 is 5.32 Å². The van der Waals surface area contributed by atoms with Gasteiger partial charge in [-0.25, -0.2) is 9.37 Å². The van der Waals surface area contributed by atoms with Gasteiger partial charge >= 0.3 is 0 Å². The minimum Gasteiger partial charge on any atom is -0.306 e. The number of imidazole rings is 1. The summed E-state index contributed by atoms with van der Waals surface area (Å²) in [5, 5.41) is 5.98. The van der Waals surface area contributed by atoms with E-state index in [9.17, 15) is 4.39 Å². The van der Waals surface area contributed by atoms with E-state index in [0.717, 1.165) is 5.56 Å². The lowest BCUT2D eigenvalue weighted by molar-refractivity contribution is 0.571. The Kier molecular flexibility index (Phi) is 4.50. The van der Waals surface area contributed by atoms with E-state index in [-0.39, 0.29) is 11.9 Å². The predicted octanol–water partition coefficient (Wildman–Crippen LogP) is 5.02. The summed E-state index contributed by atoms with van der Waals surface area (Å²) in [5.74, 6) is -0.250. The van der Waals surface area contributed by atoms with Crippen LogP contribution in [0.2, 0.25) is 0 Å². The highest BCUT2D eigenvalue weighted by atomic mass is 19.1. The van der Waals surface area contributed by atoms with E-state index in [4.69, 9.17) is 0 Å². The van der Waals surface area contributed by atoms with Crippen molar-refractivity contribution in [2.45, 2.75) is 19.5 Å². The molecule has 4 heteroatoms. The third-order valence-corrected chi connectivity index (χ3v) is 4.70. The first-order valence-corrected chi connectivity index (χ1v) is 8.70. The van der Waals surface area contributed by atoms with Crippen molar-refractivity contribution >= 4 is 10.8 Å². The van der Waals surface area contributed by atoms with Crippen molar-refractivity contribution in [3.05, 3.63) is 96.3 Å². The molecule has 0 aliphatic carbocycles. The van der Waals surface area contributed by atoms with Gasteiger partial charge in [0.1, 0.15) is 5.82 Å². The minimum absolute atomic E-state index is 0.164. The fourth-order valence-electron chi connectivity index (χ4n) is 3.28. The van der Waals surface area contributed by atoms with Crippen molar-refractivity contribution in [3.63, 3.8) is 0 Å². The van der Waals surface area contributed by atoms with Gasteiger partial charge in [0.15, 0.2) is 0 Å². The van der Waals surface area contributed by atoms with Crippen LogP contribution in [0.25, 0.3) is 16.5 Å². The average molecular weight is 345 g/mol. The SMILES string of the molecule is CC(NCc1ccc(-n2ccnc2)c(F)c1)c1cccc2ccccc12. The van der Waals surface area contributed by atoms with E-state index in [0.29, 0.717) is 12.2 Å². The molecule has 1 N–H and O–H groups in total. The summed E-state index contributed by atoms with van der Waals surface area (Å²) in [7, 11) is 0. The highest BCUT2D eigenvalue weighted by molar-refractivity contribution is 5.86. The Hall–Kier alpha value is -2.98. The molecule has 4 aromatic rings. The summed E-state index contributed by atoms with van der Waals surface area (Å²) >= 11 is 0. The summed E-state index contributed by atoms with van der Waals surface area (Å²) in [6.07, 6.45) is 4.97. The molecule has 0 saturated carbocycles. The van der Waals surface area contributed by atoms with Gasteiger partial charge in [-0.2, -0.15) is 0 Å².